The fraction of sp³-hybridized carbons (Fsp3) is 0. The van der Waals surface area contributed by atoms with Crippen molar-refractivity contribution in [3.05, 3.63) is 64.3 Å². The van der Waals surface area contributed by atoms with Crippen molar-refractivity contribution >= 4 is 34.7 Å². The number of nitro benzene ring substituents is 1. The zero-order chi connectivity index (χ0) is 15.2. The van der Waals surface area contributed by atoms with E-state index in [0.717, 1.165) is 0 Å². The molecule has 0 aliphatic heterocycles. The first-order chi connectivity index (χ1) is 10.1. The Hall–Kier alpha value is -2.87. The van der Waals surface area contributed by atoms with E-state index in [4.69, 9.17) is 12.2 Å². The average Bonchev–Trinajstić information content (AvgIpc) is 2.48. The summed E-state index contributed by atoms with van der Waals surface area (Å²) < 4.78 is 0. The van der Waals surface area contributed by atoms with E-state index >= 15 is 0 Å². The fourth-order valence-corrected chi connectivity index (χ4v) is 1.78. The zero-order valence-electron chi connectivity index (χ0n) is 10.6. The predicted octanol–water partition coefficient (Wildman–Crippen LogP) is 2.12. The van der Waals surface area contributed by atoms with Crippen molar-refractivity contribution in [2.75, 3.05) is 5.32 Å². The van der Waals surface area contributed by atoms with Gasteiger partial charge in [0.15, 0.2) is 5.11 Å². The minimum Gasteiger partial charge on any atom is -0.317 e. The van der Waals surface area contributed by atoms with Crippen LogP contribution < -0.4 is 10.6 Å². The highest BCUT2D eigenvalue weighted by Crippen LogP contribution is 2.17. The smallest absolute Gasteiger partial charge is 0.282 e. The second-order valence-electron chi connectivity index (χ2n) is 3.90. The number of carbonyl (C=O) groups is 1. The number of benzene rings is 1. The number of nitrogens with one attached hydrogen (secondary N) is 2. The summed E-state index contributed by atoms with van der Waals surface area (Å²) in [5, 5.41) is 16.0. The quantitative estimate of drug-likeness (QED) is 0.512. The third kappa shape index (κ3) is 3.80. The molecule has 0 aliphatic carbocycles. The van der Waals surface area contributed by atoms with Crippen LogP contribution in [0.4, 0.5) is 11.5 Å². The Labute approximate surface area is 125 Å². The third-order valence-corrected chi connectivity index (χ3v) is 2.68. The summed E-state index contributed by atoms with van der Waals surface area (Å²) in [7, 11) is 0. The molecule has 1 amide bonds. The summed E-state index contributed by atoms with van der Waals surface area (Å²) in [6.45, 7) is 0. The van der Waals surface area contributed by atoms with Gasteiger partial charge in [-0.15, -0.1) is 0 Å². The maximum atomic E-state index is 12.0. The van der Waals surface area contributed by atoms with Gasteiger partial charge >= 0.3 is 0 Å². The summed E-state index contributed by atoms with van der Waals surface area (Å²) in [5.41, 5.74) is -0.344. The largest absolute Gasteiger partial charge is 0.317 e. The van der Waals surface area contributed by atoms with E-state index in [-0.39, 0.29) is 16.4 Å². The molecule has 8 heteroatoms. The number of nitrogens with zero attached hydrogens (tertiary/aromatic N) is 2. The van der Waals surface area contributed by atoms with E-state index < -0.39 is 10.8 Å². The van der Waals surface area contributed by atoms with Crippen LogP contribution in [0, 0.1) is 10.1 Å². The van der Waals surface area contributed by atoms with Crippen LogP contribution in [-0.2, 0) is 0 Å². The number of amides is 1. The topological polar surface area (TPSA) is 97.2 Å². The lowest BCUT2D eigenvalue weighted by atomic mass is 10.1. The molecular formula is C13H10N4O3S. The van der Waals surface area contributed by atoms with Crippen LogP contribution >= 0.6 is 12.2 Å². The number of rotatable bonds is 3. The van der Waals surface area contributed by atoms with Crippen molar-refractivity contribution in [2.45, 2.75) is 0 Å². The standard InChI is InChI=1S/C13H10N4O3S/c18-12(9-5-1-2-6-10(9)17(19)20)16-13(21)15-11-7-3-4-8-14-11/h1-8H,(H2,14,15,16,18,21). The molecule has 1 aromatic heterocycles. The molecule has 0 unspecified atom stereocenters. The molecular weight excluding hydrogens is 292 g/mol. The van der Waals surface area contributed by atoms with Gasteiger partial charge in [0.1, 0.15) is 11.4 Å². The van der Waals surface area contributed by atoms with Crippen molar-refractivity contribution in [1.29, 1.82) is 0 Å². The summed E-state index contributed by atoms with van der Waals surface area (Å²) in [5.74, 6) is -0.193. The summed E-state index contributed by atoms with van der Waals surface area (Å²) in [6, 6.07) is 10.8. The van der Waals surface area contributed by atoms with Gasteiger partial charge in [-0.3, -0.25) is 20.2 Å². The molecule has 21 heavy (non-hydrogen) atoms. The van der Waals surface area contributed by atoms with Crippen molar-refractivity contribution in [3.8, 4) is 0 Å². The Kier molecular flexibility index (Phi) is 4.52. The van der Waals surface area contributed by atoms with Gasteiger partial charge < -0.3 is 5.32 Å². The van der Waals surface area contributed by atoms with Crippen LogP contribution in [-0.4, -0.2) is 20.9 Å². The second-order valence-corrected chi connectivity index (χ2v) is 4.31. The van der Waals surface area contributed by atoms with Crippen LogP contribution in [0.3, 0.4) is 0 Å². The van der Waals surface area contributed by atoms with E-state index in [0.29, 0.717) is 5.82 Å². The lowest BCUT2D eigenvalue weighted by Crippen LogP contribution is -2.34. The normalized spacial score (nSPS) is 9.71. The highest BCUT2D eigenvalue weighted by atomic mass is 32.1. The minimum absolute atomic E-state index is 0.0110. The van der Waals surface area contributed by atoms with Crippen molar-refractivity contribution in [1.82, 2.24) is 10.3 Å². The van der Waals surface area contributed by atoms with Crippen LogP contribution in [0.1, 0.15) is 10.4 Å². The molecule has 106 valence electrons. The van der Waals surface area contributed by atoms with Gasteiger partial charge in [-0.1, -0.05) is 18.2 Å². The molecule has 0 saturated carbocycles. The van der Waals surface area contributed by atoms with Crippen LogP contribution in [0.2, 0.25) is 0 Å². The number of carbonyl (C=O) groups excluding carboxylic acids is 1. The molecule has 0 atom stereocenters. The lowest BCUT2D eigenvalue weighted by Gasteiger charge is -2.08. The average molecular weight is 302 g/mol. The minimum atomic E-state index is -0.657. The molecule has 7 nitrogen and oxygen atoms in total. The number of aromatic nitrogens is 1. The van der Waals surface area contributed by atoms with Gasteiger partial charge in [0.25, 0.3) is 11.6 Å². The maximum Gasteiger partial charge on any atom is 0.282 e. The first kappa shape index (κ1) is 14.5. The van der Waals surface area contributed by atoms with E-state index in [1.165, 1.54) is 24.3 Å². The van der Waals surface area contributed by atoms with Crippen molar-refractivity contribution in [3.63, 3.8) is 0 Å². The summed E-state index contributed by atoms with van der Waals surface area (Å²) in [6.07, 6.45) is 1.56. The van der Waals surface area contributed by atoms with Gasteiger partial charge in [0, 0.05) is 12.3 Å². The Balaban J connectivity index is 2.08. The summed E-state index contributed by atoms with van der Waals surface area (Å²) in [4.78, 5) is 26.2. The highest BCUT2D eigenvalue weighted by Gasteiger charge is 2.19. The predicted molar refractivity (Wildman–Crippen MR) is 81.0 cm³/mol. The second kappa shape index (κ2) is 6.53. The number of hydrogen-bond donors (Lipinski definition) is 2. The molecule has 0 spiro atoms. The van der Waals surface area contributed by atoms with E-state index in [1.807, 2.05) is 0 Å². The molecule has 0 aliphatic rings. The van der Waals surface area contributed by atoms with Gasteiger partial charge in [0.05, 0.1) is 4.92 Å². The molecule has 0 saturated heterocycles. The lowest BCUT2D eigenvalue weighted by molar-refractivity contribution is -0.385. The van der Waals surface area contributed by atoms with E-state index in [9.17, 15) is 14.9 Å². The molecule has 0 bridgehead atoms. The maximum absolute atomic E-state index is 12.0. The number of para-hydroxylation sites is 1. The number of hydrogen-bond acceptors (Lipinski definition) is 5. The van der Waals surface area contributed by atoms with Crippen molar-refractivity contribution in [2.24, 2.45) is 0 Å². The molecule has 2 rings (SSSR count). The fourth-order valence-electron chi connectivity index (χ4n) is 1.58. The summed E-state index contributed by atoms with van der Waals surface area (Å²) >= 11 is 4.97. The third-order valence-electron chi connectivity index (χ3n) is 2.48. The molecule has 1 aromatic carbocycles. The number of nitro groups is 1. The van der Waals surface area contributed by atoms with Crippen LogP contribution in [0.25, 0.3) is 0 Å². The monoisotopic (exact) mass is 302 g/mol. The Morgan fingerprint density at radius 3 is 2.57 bits per heavy atom. The Morgan fingerprint density at radius 2 is 1.90 bits per heavy atom. The Bertz CT molecular complexity index is 691. The van der Waals surface area contributed by atoms with Crippen LogP contribution in [0.5, 0.6) is 0 Å². The van der Waals surface area contributed by atoms with E-state index in [1.54, 1.807) is 24.4 Å². The van der Waals surface area contributed by atoms with E-state index in [2.05, 4.69) is 15.6 Å². The van der Waals surface area contributed by atoms with Crippen LogP contribution in [0.15, 0.2) is 48.7 Å². The van der Waals surface area contributed by atoms with Gasteiger partial charge in [-0.05, 0) is 30.4 Å². The molecule has 2 N–H and O–H groups in total. The zero-order valence-corrected chi connectivity index (χ0v) is 11.5. The van der Waals surface area contributed by atoms with Gasteiger partial charge in [-0.25, -0.2) is 4.98 Å². The molecule has 0 fully saturated rings. The SMILES string of the molecule is O=C(NC(=S)Nc1ccccn1)c1ccccc1[N+](=O)[O-]. The number of pyridine rings is 1. The first-order valence-corrected chi connectivity index (χ1v) is 6.25. The molecule has 0 radical (unpaired) electrons. The molecule has 2 aromatic rings. The van der Waals surface area contributed by atoms with Crippen molar-refractivity contribution < 1.29 is 9.72 Å². The number of anilines is 1. The Morgan fingerprint density at radius 1 is 1.19 bits per heavy atom. The van der Waals surface area contributed by atoms with Gasteiger partial charge in [-0.2, -0.15) is 0 Å². The molecule has 1 heterocycles. The highest BCUT2D eigenvalue weighted by molar-refractivity contribution is 7.80. The van der Waals surface area contributed by atoms with Gasteiger partial charge in [0.2, 0.25) is 0 Å². The number of thiocarbonyl (C=S) groups is 1. The first-order valence-electron chi connectivity index (χ1n) is 5.84.